The maximum absolute atomic E-state index is 12.5. The number of halogens is 3. The number of aliphatic hydroxyl groups is 2. The van der Waals surface area contributed by atoms with Crippen molar-refractivity contribution in [2.45, 2.75) is 50.4 Å². The van der Waals surface area contributed by atoms with Crippen LogP contribution in [0, 0.1) is 0 Å². The maximum Gasteiger partial charge on any atom is 0.422 e. The Kier molecular flexibility index (Phi) is 11.3. The largest absolute Gasteiger partial charge is 0.488 e. The molecule has 0 aliphatic carbocycles. The van der Waals surface area contributed by atoms with Gasteiger partial charge in [0.1, 0.15) is 12.7 Å². The van der Waals surface area contributed by atoms with Crippen LogP contribution in [-0.4, -0.2) is 93.4 Å². The van der Waals surface area contributed by atoms with Crippen molar-refractivity contribution >= 4 is 11.6 Å². The van der Waals surface area contributed by atoms with Crippen LogP contribution in [0.2, 0.25) is 0 Å². The molecule has 2 heterocycles. The summed E-state index contributed by atoms with van der Waals surface area (Å²) in [5, 5.41) is 22.8. The molecule has 4 rings (SSSR count). The predicted molar refractivity (Wildman–Crippen MR) is 148 cm³/mol. The number of alkyl halides is 3. The van der Waals surface area contributed by atoms with E-state index in [1.807, 2.05) is 6.07 Å². The topological polar surface area (TPSA) is 136 Å². The van der Waals surface area contributed by atoms with Crippen LogP contribution in [0.3, 0.4) is 0 Å². The number of nitrogens with one attached hydrogen (secondary N) is 1. The highest BCUT2D eigenvalue weighted by molar-refractivity contribution is 6.00. The fourth-order valence-electron chi connectivity index (χ4n) is 5.08. The van der Waals surface area contributed by atoms with E-state index in [0.29, 0.717) is 44.6 Å². The summed E-state index contributed by atoms with van der Waals surface area (Å²) >= 11 is 0. The van der Waals surface area contributed by atoms with Gasteiger partial charge < -0.3 is 45.1 Å². The van der Waals surface area contributed by atoms with Crippen molar-refractivity contribution in [2.75, 3.05) is 57.5 Å². The van der Waals surface area contributed by atoms with Gasteiger partial charge in [-0.25, -0.2) is 0 Å². The van der Waals surface area contributed by atoms with Gasteiger partial charge in [0.05, 0.1) is 30.6 Å². The molecule has 0 saturated carbocycles. The Hall–Kier alpha value is -3.10. The maximum atomic E-state index is 12.5. The quantitative estimate of drug-likeness (QED) is 0.228. The zero-order valence-corrected chi connectivity index (χ0v) is 23.3. The van der Waals surface area contributed by atoms with Gasteiger partial charge in [0.2, 0.25) is 0 Å². The highest BCUT2D eigenvalue weighted by Gasteiger charge is 2.30. The Morgan fingerprint density at radius 2 is 1.88 bits per heavy atom. The smallest absolute Gasteiger partial charge is 0.422 e. The van der Waals surface area contributed by atoms with Crippen LogP contribution in [0.4, 0.5) is 18.9 Å². The molecule has 1 saturated heterocycles. The molecule has 1 amide bonds. The van der Waals surface area contributed by atoms with Gasteiger partial charge in [-0.1, -0.05) is 18.2 Å². The van der Waals surface area contributed by atoms with Crippen LogP contribution in [0.15, 0.2) is 36.4 Å². The lowest BCUT2D eigenvalue weighted by molar-refractivity contribution is -0.235. The number of aliphatic hydroxyl groups excluding tert-OH is 2. The van der Waals surface area contributed by atoms with Crippen LogP contribution in [0.25, 0.3) is 0 Å². The molecule has 2 aliphatic heterocycles. The second-order valence-corrected chi connectivity index (χ2v) is 10.3. The molecule has 0 bridgehead atoms. The minimum atomic E-state index is -4.43. The van der Waals surface area contributed by atoms with Crippen LogP contribution >= 0.6 is 0 Å². The molecule has 3 atom stereocenters. The minimum absolute atomic E-state index is 0.0336. The standard InChI is InChI=1S/C29H38F3N3O7/c30-29(31,32)18-42-25-5-2-1-4-24(25)39-13-9-34-8-6-19-14-20-7-11-35(26(20)22(15-19)27(33)38)10-3-12-40-28-23(37)16-21(36)17-41-28/h1-2,4-5,14-15,21,23,28,34,36-37H,3,6-13,16-18H2,(H2,33,38)/t21-,23?,28+/m0/s1. The fourth-order valence-corrected chi connectivity index (χ4v) is 5.08. The van der Waals surface area contributed by atoms with E-state index >= 15 is 0 Å². The van der Waals surface area contributed by atoms with Gasteiger partial charge in [-0.2, -0.15) is 13.2 Å². The summed E-state index contributed by atoms with van der Waals surface area (Å²) in [4.78, 5) is 14.5. The summed E-state index contributed by atoms with van der Waals surface area (Å²) in [6.45, 7) is 1.78. The normalized spacial score (nSPS) is 20.4. The Labute approximate surface area is 242 Å². The molecule has 10 nitrogen and oxygen atoms in total. The average molecular weight is 598 g/mol. The molecule has 13 heteroatoms. The van der Waals surface area contributed by atoms with Gasteiger partial charge in [0, 0.05) is 26.1 Å². The first-order valence-electron chi connectivity index (χ1n) is 14.0. The fraction of sp³-hybridized carbons (Fsp3) is 0.552. The lowest BCUT2D eigenvalue weighted by Crippen LogP contribution is -2.42. The van der Waals surface area contributed by atoms with Gasteiger partial charge in [-0.05, 0) is 55.1 Å². The molecule has 0 radical (unpaired) electrons. The van der Waals surface area contributed by atoms with Crippen molar-refractivity contribution in [3.63, 3.8) is 0 Å². The molecular formula is C29H38F3N3O7. The summed E-state index contributed by atoms with van der Waals surface area (Å²) < 4.78 is 58.9. The van der Waals surface area contributed by atoms with Gasteiger partial charge in [-0.3, -0.25) is 4.79 Å². The first-order valence-corrected chi connectivity index (χ1v) is 14.0. The number of carbonyl (C=O) groups excluding carboxylic acids is 1. The van der Waals surface area contributed by atoms with Crippen LogP contribution < -0.4 is 25.4 Å². The summed E-state index contributed by atoms with van der Waals surface area (Å²) in [7, 11) is 0. The molecule has 0 aromatic heterocycles. The monoisotopic (exact) mass is 597 g/mol. The zero-order valence-electron chi connectivity index (χ0n) is 23.3. The lowest BCUT2D eigenvalue weighted by atomic mass is 10.00. The SMILES string of the molecule is NC(=O)c1cc(CCNCCOc2ccccc2OCC(F)(F)F)cc2c1N(CCCO[C@@H]1OC[C@@H](O)CC1O)CC2. The predicted octanol–water partition coefficient (Wildman–Crippen LogP) is 2.18. The number of hydrogen-bond donors (Lipinski definition) is 4. The highest BCUT2D eigenvalue weighted by atomic mass is 19.4. The number of hydrogen-bond acceptors (Lipinski definition) is 9. The molecule has 232 valence electrons. The summed E-state index contributed by atoms with van der Waals surface area (Å²) in [5.74, 6) is -0.225. The third-order valence-corrected chi connectivity index (χ3v) is 6.98. The second kappa shape index (κ2) is 14.9. The van der Waals surface area contributed by atoms with Crippen molar-refractivity contribution in [1.29, 1.82) is 0 Å². The molecule has 42 heavy (non-hydrogen) atoms. The average Bonchev–Trinajstić information content (AvgIpc) is 3.35. The number of ether oxygens (including phenoxy) is 4. The number of rotatable bonds is 15. The number of nitrogens with two attached hydrogens (primary N) is 1. The minimum Gasteiger partial charge on any atom is -0.488 e. The van der Waals surface area contributed by atoms with Crippen molar-refractivity contribution in [1.82, 2.24) is 5.32 Å². The zero-order chi connectivity index (χ0) is 30.1. The molecule has 1 unspecified atom stereocenters. The molecular weight excluding hydrogens is 559 g/mol. The number of carbonyl (C=O) groups is 1. The summed E-state index contributed by atoms with van der Waals surface area (Å²) in [5.41, 5.74) is 9.09. The van der Waals surface area contributed by atoms with E-state index in [1.54, 1.807) is 18.2 Å². The van der Waals surface area contributed by atoms with Crippen molar-refractivity contribution in [2.24, 2.45) is 5.73 Å². The molecule has 2 aliphatic rings. The first-order chi connectivity index (χ1) is 20.1. The van der Waals surface area contributed by atoms with Crippen LogP contribution in [0.5, 0.6) is 11.5 Å². The van der Waals surface area contributed by atoms with E-state index in [4.69, 9.17) is 24.7 Å². The van der Waals surface area contributed by atoms with Crippen LogP contribution in [-0.2, 0) is 22.3 Å². The number of primary amides is 1. The molecule has 1 fully saturated rings. The Bertz CT molecular complexity index is 1180. The number of anilines is 1. The van der Waals surface area contributed by atoms with Crippen molar-refractivity contribution in [3.05, 3.63) is 53.1 Å². The summed E-state index contributed by atoms with van der Waals surface area (Å²) in [6.07, 6.45) is -4.45. The van der Waals surface area contributed by atoms with Gasteiger partial charge in [0.25, 0.3) is 5.91 Å². The lowest BCUT2D eigenvalue weighted by Gasteiger charge is -2.31. The Morgan fingerprint density at radius 3 is 2.60 bits per heavy atom. The second-order valence-electron chi connectivity index (χ2n) is 10.3. The molecule has 5 N–H and O–H groups in total. The third-order valence-electron chi connectivity index (χ3n) is 6.98. The summed E-state index contributed by atoms with van der Waals surface area (Å²) in [6, 6.07) is 10.1. The van der Waals surface area contributed by atoms with Crippen molar-refractivity contribution < 1.29 is 47.1 Å². The highest BCUT2D eigenvalue weighted by Crippen LogP contribution is 2.33. The van der Waals surface area contributed by atoms with Gasteiger partial charge in [0.15, 0.2) is 24.4 Å². The van der Waals surface area contributed by atoms with E-state index in [0.717, 1.165) is 29.8 Å². The van der Waals surface area contributed by atoms with Gasteiger partial charge >= 0.3 is 6.18 Å². The number of amides is 1. The van der Waals surface area contributed by atoms with E-state index < -0.39 is 37.2 Å². The van der Waals surface area contributed by atoms with E-state index in [9.17, 15) is 28.2 Å². The van der Waals surface area contributed by atoms with E-state index in [2.05, 4.69) is 16.3 Å². The van der Waals surface area contributed by atoms with Crippen molar-refractivity contribution in [3.8, 4) is 11.5 Å². The number of nitrogens with zero attached hydrogens (tertiary/aromatic N) is 1. The Balaban J connectivity index is 1.21. The molecule has 0 spiro atoms. The van der Waals surface area contributed by atoms with Crippen LogP contribution in [0.1, 0.15) is 34.3 Å². The number of benzene rings is 2. The Morgan fingerprint density at radius 1 is 1.12 bits per heavy atom. The first kappa shape index (κ1) is 31.8. The molecule has 2 aromatic rings. The van der Waals surface area contributed by atoms with E-state index in [-0.39, 0.29) is 31.1 Å². The number of para-hydroxylation sites is 2. The molecule has 2 aromatic carbocycles. The number of fused-ring (bicyclic) bond motifs is 1. The third kappa shape index (κ3) is 9.20. The van der Waals surface area contributed by atoms with Gasteiger partial charge in [-0.15, -0.1) is 0 Å². The van der Waals surface area contributed by atoms with E-state index in [1.165, 1.54) is 6.07 Å².